The molecule has 5 heteroatoms. The average molecular weight is 383 g/mol. The number of nitrogens with one attached hydrogen (secondary N) is 1. The number of anilines is 2. The Morgan fingerprint density at radius 2 is 1.78 bits per heavy atom. The molecular formula is C22H30N4S. The van der Waals surface area contributed by atoms with Gasteiger partial charge in [-0.1, -0.05) is 6.07 Å². The first kappa shape index (κ1) is 17.5. The van der Waals surface area contributed by atoms with Gasteiger partial charge in [0.05, 0.1) is 5.69 Å². The first-order valence-corrected chi connectivity index (χ1v) is 11.5. The summed E-state index contributed by atoms with van der Waals surface area (Å²) in [5.41, 5.74) is 5.81. The van der Waals surface area contributed by atoms with Crippen molar-refractivity contribution in [2.45, 2.75) is 57.5 Å². The molecule has 0 amide bonds. The second-order valence-electron chi connectivity index (χ2n) is 8.26. The summed E-state index contributed by atoms with van der Waals surface area (Å²) in [5, 5.41) is 7.21. The van der Waals surface area contributed by atoms with Gasteiger partial charge in [0.15, 0.2) is 5.13 Å². The van der Waals surface area contributed by atoms with E-state index < -0.39 is 0 Å². The van der Waals surface area contributed by atoms with Crippen LogP contribution < -0.4 is 15.1 Å². The normalized spacial score (nSPS) is 20.4. The number of piperidine rings is 1. The van der Waals surface area contributed by atoms with E-state index in [9.17, 15) is 0 Å². The van der Waals surface area contributed by atoms with Gasteiger partial charge in [-0.05, 0) is 68.2 Å². The van der Waals surface area contributed by atoms with Gasteiger partial charge in [0.2, 0.25) is 0 Å². The minimum atomic E-state index is 0.618. The second-order valence-corrected chi connectivity index (χ2v) is 9.10. The fourth-order valence-corrected chi connectivity index (χ4v) is 5.66. The van der Waals surface area contributed by atoms with Crippen molar-refractivity contribution in [3.8, 4) is 0 Å². The van der Waals surface area contributed by atoms with E-state index >= 15 is 0 Å². The fraction of sp³-hybridized carbons (Fsp3) is 0.591. The predicted molar refractivity (Wildman–Crippen MR) is 114 cm³/mol. The Morgan fingerprint density at radius 3 is 2.63 bits per heavy atom. The molecule has 1 aromatic heterocycles. The zero-order chi connectivity index (χ0) is 18.1. The third-order valence-electron chi connectivity index (χ3n) is 6.43. The smallest absolute Gasteiger partial charge is 0.185 e. The molecule has 0 unspecified atom stereocenters. The summed E-state index contributed by atoms with van der Waals surface area (Å²) in [6.07, 6.45) is 8.96. The maximum Gasteiger partial charge on any atom is 0.185 e. The Bertz CT molecular complexity index is 772. The van der Waals surface area contributed by atoms with E-state index in [1.54, 1.807) is 11.1 Å². The van der Waals surface area contributed by atoms with Crippen LogP contribution in [0, 0.1) is 0 Å². The number of thiazole rings is 1. The third-order valence-corrected chi connectivity index (χ3v) is 7.38. The van der Waals surface area contributed by atoms with Gasteiger partial charge in [0.25, 0.3) is 0 Å². The lowest BCUT2D eigenvalue weighted by molar-refractivity contribution is 0.412. The monoisotopic (exact) mass is 382 g/mol. The van der Waals surface area contributed by atoms with Crippen molar-refractivity contribution in [1.29, 1.82) is 0 Å². The minimum absolute atomic E-state index is 0.618. The molecule has 0 spiro atoms. The van der Waals surface area contributed by atoms with Gasteiger partial charge in [-0.2, -0.15) is 0 Å². The van der Waals surface area contributed by atoms with E-state index in [1.807, 2.05) is 11.3 Å². The van der Waals surface area contributed by atoms with Crippen molar-refractivity contribution in [3.63, 3.8) is 0 Å². The molecule has 3 heterocycles. The lowest BCUT2D eigenvalue weighted by Gasteiger charge is -2.34. The Labute approximate surface area is 166 Å². The molecule has 2 aliphatic heterocycles. The van der Waals surface area contributed by atoms with E-state index in [1.165, 1.54) is 74.5 Å². The number of fused-ring (bicyclic) bond motifs is 1. The predicted octanol–water partition coefficient (Wildman–Crippen LogP) is 3.99. The molecule has 2 saturated heterocycles. The van der Waals surface area contributed by atoms with Crippen LogP contribution >= 0.6 is 11.3 Å². The van der Waals surface area contributed by atoms with Gasteiger partial charge >= 0.3 is 0 Å². The van der Waals surface area contributed by atoms with Crippen molar-refractivity contribution in [2.24, 2.45) is 0 Å². The molecule has 27 heavy (non-hydrogen) atoms. The third kappa shape index (κ3) is 3.85. The topological polar surface area (TPSA) is 31.4 Å². The number of aryl methyl sites for hydroxylation is 2. The Hall–Kier alpha value is -1.59. The molecule has 0 bridgehead atoms. The lowest BCUT2D eigenvalue weighted by atomic mass is 10.0. The number of hydrogen-bond acceptors (Lipinski definition) is 5. The SMILES string of the molecule is c1cc2c(cc1N1CCC(NCc3csc(N4CCCC4)n3)CC1)CCC2. The van der Waals surface area contributed by atoms with Crippen LogP contribution in [0.15, 0.2) is 23.6 Å². The Balaban J connectivity index is 1.11. The van der Waals surface area contributed by atoms with Crippen molar-refractivity contribution >= 4 is 22.2 Å². The lowest BCUT2D eigenvalue weighted by Crippen LogP contribution is -2.42. The highest BCUT2D eigenvalue weighted by Crippen LogP contribution is 2.29. The summed E-state index contributed by atoms with van der Waals surface area (Å²) in [6.45, 7) is 5.59. The quantitative estimate of drug-likeness (QED) is 0.847. The average Bonchev–Trinajstić information content (AvgIpc) is 3.47. The molecule has 144 valence electrons. The standard InChI is InChI=1S/C22H30N4S/c1-2-11-26(10-1)22-24-20(16-27-22)15-23-19-8-12-25(13-9-19)21-7-6-17-4-3-5-18(17)14-21/h6-7,14,16,19,23H,1-5,8-13,15H2. The summed E-state index contributed by atoms with van der Waals surface area (Å²) < 4.78 is 0. The summed E-state index contributed by atoms with van der Waals surface area (Å²) in [7, 11) is 0. The van der Waals surface area contributed by atoms with Crippen LogP contribution in [-0.4, -0.2) is 37.2 Å². The molecule has 1 aromatic carbocycles. The van der Waals surface area contributed by atoms with Crippen LogP contribution in [0.3, 0.4) is 0 Å². The maximum absolute atomic E-state index is 4.84. The number of hydrogen-bond donors (Lipinski definition) is 1. The summed E-state index contributed by atoms with van der Waals surface area (Å²) in [4.78, 5) is 9.85. The summed E-state index contributed by atoms with van der Waals surface area (Å²) >= 11 is 1.81. The molecule has 2 fully saturated rings. The Kier molecular flexibility index (Phi) is 5.06. The van der Waals surface area contributed by atoms with E-state index in [4.69, 9.17) is 4.98 Å². The zero-order valence-corrected chi connectivity index (χ0v) is 16.9. The number of benzene rings is 1. The van der Waals surface area contributed by atoms with Crippen LogP contribution in [0.1, 0.15) is 48.9 Å². The van der Waals surface area contributed by atoms with E-state index in [2.05, 4.69) is 38.7 Å². The van der Waals surface area contributed by atoms with Crippen LogP contribution in [0.4, 0.5) is 10.8 Å². The summed E-state index contributed by atoms with van der Waals surface area (Å²) in [5.74, 6) is 0. The van der Waals surface area contributed by atoms with Crippen molar-refractivity contribution < 1.29 is 0 Å². The molecule has 4 nitrogen and oxygen atoms in total. The maximum atomic E-state index is 4.84. The van der Waals surface area contributed by atoms with Crippen LogP contribution in [0.2, 0.25) is 0 Å². The molecule has 1 N–H and O–H groups in total. The Morgan fingerprint density at radius 1 is 0.963 bits per heavy atom. The fourth-order valence-electron chi connectivity index (χ4n) is 4.78. The largest absolute Gasteiger partial charge is 0.371 e. The van der Waals surface area contributed by atoms with Gasteiger partial charge in [-0.25, -0.2) is 4.98 Å². The van der Waals surface area contributed by atoms with Crippen molar-refractivity contribution in [1.82, 2.24) is 10.3 Å². The molecule has 3 aliphatic rings. The second kappa shape index (κ2) is 7.80. The van der Waals surface area contributed by atoms with E-state index in [-0.39, 0.29) is 0 Å². The van der Waals surface area contributed by atoms with Crippen molar-refractivity contribution in [2.75, 3.05) is 36.0 Å². The number of rotatable bonds is 5. The molecule has 0 saturated carbocycles. The first-order valence-electron chi connectivity index (χ1n) is 10.6. The van der Waals surface area contributed by atoms with Crippen LogP contribution in [-0.2, 0) is 19.4 Å². The highest BCUT2D eigenvalue weighted by molar-refractivity contribution is 7.13. The highest BCUT2D eigenvalue weighted by Gasteiger charge is 2.21. The van der Waals surface area contributed by atoms with Crippen LogP contribution in [0.5, 0.6) is 0 Å². The molecule has 0 radical (unpaired) electrons. The van der Waals surface area contributed by atoms with Gasteiger partial charge in [-0.3, -0.25) is 0 Å². The van der Waals surface area contributed by atoms with Gasteiger partial charge in [0.1, 0.15) is 0 Å². The molecular weight excluding hydrogens is 352 g/mol. The number of aromatic nitrogens is 1. The minimum Gasteiger partial charge on any atom is -0.371 e. The first-order chi connectivity index (χ1) is 13.3. The van der Waals surface area contributed by atoms with Crippen LogP contribution in [0.25, 0.3) is 0 Å². The van der Waals surface area contributed by atoms with Gasteiger partial charge in [-0.15, -0.1) is 11.3 Å². The summed E-state index contributed by atoms with van der Waals surface area (Å²) in [6, 6.07) is 7.77. The number of nitrogens with zero attached hydrogens (tertiary/aromatic N) is 3. The highest BCUT2D eigenvalue weighted by atomic mass is 32.1. The van der Waals surface area contributed by atoms with E-state index in [0.29, 0.717) is 6.04 Å². The zero-order valence-electron chi connectivity index (χ0n) is 16.1. The van der Waals surface area contributed by atoms with Crippen molar-refractivity contribution in [3.05, 3.63) is 40.4 Å². The molecule has 1 aliphatic carbocycles. The molecule has 5 rings (SSSR count). The van der Waals surface area contributed by atoms with Gasteiger partial charge in [0, 0.05) is 49.8 Å². The van der Waals surface area contributed by atoms with E-state index in [0.717, 1.165) is 19.6 Å². The van der Waals surface area contributed by atoms with Gasteiger partial charge < -0.3 is 15.1 Å². The molecule has 2 aromatic rings. The molecule has 0 atom stereocenters.